The van der Waals surface area contributed by atoms with Crippen molar-refractivity contribution in [3.05, 3.63) is 29.6 Å². The molecule has 0 aromatic carbocycles. The molecule has 1 rings (SSSR count). The maximum absolute atomic E-state index is 12.8. The monoisotopic (exact) mass is 187 g/mol. The van der Waals surface area contributed by atoms with Crippen LogP contribution in [-0.4, -0.2) is 17.6 Å². The van der Waals surface area contributed by atoms with E-state index >= 15 is 0 Å². The average molecular weight is 187 g/mol. The molecule has 5 heteroatoms. The van der Waals surface area contributed by atoms with E-state index in [2.05, 4.69) is 9.72 Å². The summed E-state index contributed by atoms with van der Waals surface area (Å²) in [5.74, 6) is -3.46. The van der Waals surface area contributed by atoms with E-state index in [0.29, 0.717) is 0 Å². The average Bonchev–Trinajstić information content (AvgIpc) is 2.10. The summed E-state index contributed by atoms with van der Waals surface area (Å²) >= 11 is 0. The molecule has 1 aromatic heterocycles. The number of esters is 1. The molecule has 70 valence electrons. The van der Waals surface area contributed by atoms with Crippen molar-refractivity contribution in [1.82, 2.24) is 4.98 Å². The van der Waals surface area contributed by atoms with Gasteiger partial charge in [0.05, 0.1) is 6.61 Å². The van der Waals surface area contributed by atoms with E-state index in [4.69, 9.17) is 0 Å². The van der Waals surface area contributed by atoms with E-state index < -0.39 is 23.3 Å². The first-order valence-electron chi connectivity index (χ1n) is 3.64. The number of pyridine rings is 1. The molecular weight excluding hydrogens is 180 g/mol. The minimum Gasteiger partial charge on any atom is -0.462 e. The molecule has 0 unspecified atom stereocenters. The number of hydrogen-bond acceptors (Lipinski definition) is 3. The van der Waals surface area contributed by atoms with Gasteiger partial charge < -0.3 is 4.74 Å². The highest BCUT2D eigenvalue weighted by Gasteiger charge is 2.16. The van der Waals surface area contributed by atoms with Crippen LogP contribution in [0, 0.1) is 11.8 Å². The van der Waals surface area contributed by atoms with Crippen molar-refractivity contribution in [2.75, 3.05) is 6.61 Å². The van der Waals surface area contributed by atoms with E-state index in [1.165, 1.54) is 0 Å². The summed E-state index contributed by atoms with van der Waals surface area (Å²) < 4.78 is 29.8. The van der Waals surface area contributed by atoms with Crippen molar-refractivity contribution in [3.8, 4) is 0 Å². The molecule has 0 atom stereocenters. The fourth-order valence-electron chi connectivity index (χ4n) is 0.785. The topological polar surface area (TPSA) is 39.2 Å². The van der Waals surface area contributed by atoms with Gasteiger partial charge in [0.25, 0.3) is 0 Å². The maximum atomic E-state index is 12.8. The number of nitrogens with zero attached hydrogens (tertiary/aromatic N) is 1. The van der Waals surface area contributed by atoms with Crippen LogP contribution in [0.5, 0.6) is 0 Å². The Bertz CT molecular complexity index is 328. The maximum Gasteiger partial charge on any atom is 0.341 e. The molecule has 0 aliphatic carbocycles. The fourth-order valence-corrected chi connectivity index (χ4v) is 0.785. The van der Waals surface area contributed by atoms with E-state index in [0.717, 1.165) is 12.3 Å². The summed E-state index contributed by atoms with van der Waals surface area (Å²) in [7, 11) is 0. The van der Waals surface area contributed by atoms with E-state index in [-0.39, 0.29) is 6.61 Å². The zero-order valence-electron chi connectivity index (χ0n) is 6.88. The van der Waals surface area contributed by atoms with Crippen molar-refractivity contribution in [2.45, 2.75) is 6.92 Å². The summed E-state index contributed by atoms with van der Waals surface area (Å²) in [6.45, 7) is 1.69. The van der Waals surface area contributed by atoms with Crippen LogP contribution in [0.25, 0.3) is 0 Å². The van der Waals surface area contributed by atoms with Gasteiger partial charge in [-0.2, -0.15) is 4.39 Å². The third kappa shape index (κ3) is 1.99. The lowest BCUT2D eigenvalue weighted by molar-refractivity contribution is 0.0519. The van der Waals surface area contributed by atoms with Gasteiger partial charge in [0, 0.05) is 6.20 Å². The number of aromatic nitrogens is 1. The second-order valence-corrected chi connectivity index (χ2v) is 2.18. The minimum absolute atomic E-state index is 0.113. The van der Waals surface area contributed by atoms with Crippen LogP contribution in [0.3, 0.4) is 0 Å². The number of carbonyl (C=O) groups excluding carboxylic acids is 1. The Labute approximate surface area is 73.4 Å². The van der Waals surface area contributed by atoms with Gasteiger partial charge >= 0.3 is 5.97 Å². The van der Waals surface area contributed by atoms with Gasteiger partial charge in [0.1, 0.15) is 5.56 Å². The lowest BCUT2D eigenvalue weighted by atomic mass is 10.2. The summed E-state index contributed by atoms with van der Waals surface area (Å²) in [6, 6.07) is 1.07. The van der Waals surface area contributed by atoms with Crippen LogP contribution < -0.4 is 0 Å². The van der Waals surface area contributed by atoms with E-state index in [1.807, 2.05) is 0 Å². The molecule has 0 fully saturated rings. The Morgan fingerprint density at radius 1 is 1.62 bits per heavy atom. The van der Waals surface area contributed by atoms with Gasteiger partial charge in [-0.15, -0.1) is 0 Å². The molecule has 0 bridgehead atoms. The molecule has 0 amide bonds. The number of ether oxygens (including phenoxy) is 1. The van der Waals surface area contributed by atoms with Gasteiger partial charge in [-0.1, -0.05) is 0 Å². The lowest BCUT2D eigenvalue weighted by Crippen LogP contribution is -2.09. The van der Waals surface area contributed by atoms with Crippen molar-refractivity contribution in [3.63, 3.8) is 0 Å². The van der Waals surface area contributed by atoms with Crippen molar-refractivity contribution in [1.29, 1.82) is 0 Å². The molecule has 0 saturated carbocycles. The zero-order chi connectivity index (χ0) is 9.84. The van der Waals surface area contributed by atoms with Crippen molar-refractivity contribution < 1.29 is 18.3 Å². The standard InChI is InChI=1S/C8H7F2NO2/c1-2-13-8(12)5-3-4-11-7(10)6(5)9/h3-4H,2H2,1H3. The van der Waals surface area contributed by atoms with Gasteiger partial charge in [0.2, 0.25) is 5.95 Å². The minimum atomic E-state index is -1.30. The quantitative estimate of drug-likeness (QED) is 0.520. The predicted octanol–water partition coefficient (Wildman–Crippen LogP) is 1.54. The Morgan fingerprint density at radius 2 is 2.31 bits per heavy atom. The summed E-state index contributed by atoms with van der Waals surface area (Å²) in [5.41, 5.74) is -0.436. The molecule has 0 aliphatic heterocycles. The number of halogens is 2. The number of hydrogen-bond donors (Lipinski definition) is 0. The SMILES string of the molecule is CCOC(=O)c1ccnc(F)c1F. The van der Waals surface area contributed by atoms with Crippen molar-refractivity contribution >= 4 is 5.97 Å². The normalized spacial score (nSPS) is 9.77. The van der Waals surface area contributed by atoms with Crippen LogP contribution >= 0.6 is 0 Å². The van der Waals surface area contributed by atoms with Crippen LogP contribution in [0.2, 0.25) is 0 Å². The van der Waals surface area contributed by atoms with Crippen LogP contribution in [0.4, 0.5) is 8.78 Å². The lowest BCUT2D eigenvalue weighted by Gasteiger charge is -2.01. The van der Waals surface area contributed by atoms with Crippen LogP contribution in [-0.2, 0) is 4.74 Å². The number of rotatable bonds is 2. The van der Waals surface area contributed by atoms with E-state index in [9.17, 15) is 13.6 Å². The number of carbonyl (C=O) groups is 1. The Morgan fingerprint density at radius 3 is 2.92 bits per heavy atom. The second-order valence-electron chi connectivity index (χ2n) is 2.18. The highest BCUT2D eigenvalue weighted by molar-refractivity contribution is 5.89. The third-order valence-corrected chi connectivity index (χ3v) is 1.34. The van der Waals surface area contributed by atoms with Crippen LogP contribution in [0.1, 0.15) is 17.3 Å². The summed E-state index contributed by atoms with van der Waals surface area (Å²) in [5, 5.41) is 0. The third-order valence-electron chi connectivity index (χ3n) is 1.34. The molecule has 0 spiro atoms. The Balaban J connectivity index is 3.01. The van der Waals surface area contributed by atoms with Gasteiger partial charge in [-0.05, 0) is 13.0 Å². The molecule has 0 radical (unpaired) electrons. The fraction of sp³-hybridized carbons (Fsp3) is 0.250. The molecule has 1 aromatic rings. The van der Waals surface area contributed by atoms with E-state index in [1.54, 1.807) is 6.92 Å². The van der Waals surface area contributed by atoms with Gasteiger partial charge in [-0.25, -0.2) is 14.2 Å². The Hall–Kier alpha value is -1.52. The summed E-state index contributed by atoms with van der Waals surface area (Å²) in [4.78, 5) is 14.0. The molecular formula is C8H7F2NO2. The first kappa shape index (κ1) is 9.57. The molecule has 0 N–H and O–H groups in total. The zero-order valence-corrected chi connectivity index (χ0v) is 6.88. The molecule has 0 aliphatic rings. The largest absolute Gasteiger partial charge is 0.462 e. The first-order chi connectivity index (χ1) is 6.16. The molecule has 0 saturated heterocycles. The van der Waals surface area contributed by atoms with Crippen LogP contribution in [0.15, 0.2) is 12.3 Å². The van der Waals surface area contributed by atoms with Gasteiger partial charge in [0.15, 0.2) is 5.82 Å². The molecule has 1 heterocycles. The van der Waals surface area contributed by atoms with Crippen molar-refractivity contribution in [2.24, 2.45) is 0 Å². The highest BCUT2D eigenvalue weighted by atomic mass is 19.2. The highest BCUT2D eigenvalue weighted by Crippen LogP contribution is 2.09. The van der Waals surface area contributed by atoms with Gasteiger partial charge in [-0.3, -0.25) is 0 Å². The first-order valence-corrected chi connectivity index (χ1v) is 3.64. The summed E-state index contributed by atoms with van der Waals surface area (Å²) in [6.07, 6.45) is 1.00. The molecule has 13 heavy (non-hydrogen) atoms. The second kappa shape index (κ2) is 3.93. The molecule has 3 nitrogen and oxygen atoms in total. The Kier molecular flexibility index (Phi) is 2.89. The predicted molar refractivity (Wildman–Crippen MR) is 40.1 cm³/mol. The smallest absolute Gasteiger partial charge is 0.341 e.